The van der Waals surface area contributed by atoms with Crippen LogP contribution in [0.5, 0.6) is 5.75 Å². The number of nitrogens with zero attached hydrogens (tertiary/aromatic N) is 4. The fourth-order valence-corrected chi connectivity index (χ4v) is 6.75. The minimum atomic E-state index is -0.362. The van der Waals surface area contributed by atoms with Gasteiger partial charge in [-0.1, -0.05) is 18.7 Å². The molecule has 2 aromatic carbocycles. The van der Waals surface area contributed by atoms with E-state index in [1.54, 1.807) is 29.4 Å². The van der Waals surface area contributed by atoms with E-state index in [-0.39, 0.29) is 17.8 Å². The normalized spacial score (nSPS) is 15.0. The first kappa shape index (κ1) is 25.6. The largest absolute Gasteiger partial charge is 0.496 e. The van der Waals surface area contributed by atoms with E-state index in [0.717, 1.165) is 63.2 Å². The summed E-state index contributed by atoms with van der Waals surface area (Å²) in [5.74, 6) is 0.00971. The highest BCUT2D eigenvalue weighted by Crippen LogP contribution is 2.46. The molecule has 2 aliphatic heterocycles. The summed E-state index contributed by atoms with van der Waals surface area (Å²) in [7, 11) is 1.55. The quantitative estimate of drug-likeness (QED) is 0.261. The van der Waals surface area contributed by atoms with Crippen LogP contribution in [0, 0.1) is 5.82 Å². The highest BCUT2D eigenvalue weighted by atomic mass is 32.1. The van der Waals surface area contributed by atoms with E-state index in [2.05, 4.69) is 46.6 Å². The van der Waals surface area contributed by atoms with Crippen molar-refractivity contribution in [3.05, 3.63) is 89.8 Å². The molecule has 1 saturated heterocycles. The van der Waals surface area contributed by atoms with Crippen LogP contribution < -0.4 is 10.1 Å². The maximum Gasteiger partial charge on any atom is 0.246 e. The molecule has 7 rings (SSSR count). The Hall–Kier alpha value is -4.34. The predicted octanol–water partition coefficient (Wildman–Crippen LogP) is 5.86. The van der Waals surface area contributed by atoms with Crippen molar-refractivity contribution in [2.75, 3.05) is 26.7 Å². The van der Waals surface area contributed by atoms with Gasteiger partial charge in [0.1, 0.15) is 11.6 Å². The van der Waals surface area contributed by atoms with Gasteiger partial charge in [0.2, 0.25) is 5.91 Å². The van der Waals surface area contributed by atoms with Gasteiger partial charge in [0.15, 0.2) is 0 Å². The number of nitrogens with one attached hydrogen (secondary N) is 1. The number of benzene rings is 2. The Balaban J connectivity index is 1.41. The number of hydrogen-bond acceptors (Lipinski definition) is 6. The highest BCUT2D eigenvalue weighted by molar-refractivity contribution is 7.18. The Morgan fingerprint density at radius 3 is 2.85 bits per heavy atom. The maximum atomic E-state index is 14.3. The van der Waals surface area contributed by atoms with Gasteiger partial charge in [-0.25, -0.2) is 9.37 Å². The predicted molar refractivity (Wildman–Crippen MR) is 159 cm³/mol. The molecular formula is C32H28FN5O2S. The van der Waals surface area contributed by atoms with Gasteiger partial charge < -0.3 is 15.0 Å². The smallest absolute Gasteiger partial charge is 0.246 e. The molecule has 1 fully saturated rings. The topological polar surface area (TPSA) is 72.3 Å². The minimum absolute atomic E-state index is 0.0744. The number of aromatic nitrogens is 3. The first-order valence-corrected chi connectivity index (χ1v) is 14.5. The molecule has 41 heavy (non-hydrogen) atoms. The van der Waals surface area contributed by atoms with E-state index in [9.17, 15) is 9.18 Å². The number of carbonyl (C=O) groups excluding carboxylic acids is 1. The van der Waals surface area contributed by atoms with Crippen LogP contribution in [0.25, 0.3) is 43.7 Å². The number of thiophene rings is 1. The number of halogens is 1. The molecule has 1 amide bonds. The molecule has 7 nitrogen and oxygen atoms in total. The molecule has 5 aromatic rings. The molecule has 0 unspecified atom stereocenters. The van der Waals surface area contributed by atoms with Crippen molar-refractivity contribution in [3.63, 3.8) is 0 Å². The number of carbonyl (C=O) groups is 1. The number of pyridine rings is 1. The summed E-state index contributed by atoms with van der Waals surface area (Å²) in [5.41, 5.74) is 7.89. The molecule has 0 spiro atoms. The molecule has 0 bridgehead atoms. The van der Waals surface area contributed by atoms with Crippen molar-refractivity contribution in [1.29, 1.82) is 0 Å². The van der Waals surface area contributed by atoms with Crippen molar-refractivity contribution in [1.82, 2.24) is 25.0 Å². The zero-order valence-electron chi connectivity index (χ0n) is 22.6. The summed E-state index contributed by atoms with van der Waals surface area (Å²) in [5, 5.41) is 11.2. The van der Waals surface area contributed by atoms with Crippen LogP contribution in [0.2, 0.25) is 0 Å². The van der Waals surface area contributed by atoms with Gasteiger partial charge >= 0.3 is 0 Å². The Morgan fingerprint density at radius 1 is 1.15 bits per heavy atom. The number of rotatable bonds is 6. The third-order valence-corrected chi connectivity index (χ3v) is 8.94. The Bertz CT molecular complexity index is 1820. The number of hydrogen-bond donors (Lipinski definition) is 1. The second-order valence-corrected chi connectivity index (χ2v) is 11.3. The molecule has 1 N–H and O–H groups in total. The lowest BCUT2D eigenvalue weighted by Gasteiger charge is -2.38. The van der Waals surface area contributed by atoms with Gasteiger partial charge in [-0.05, 0) is 59.8 Å². The second kappa shape index (κ2) is 10.2. The van der Waals surface area contributed by atoms with Gasteiger partial charge in [-0.2, -0.15) is 5.10 Å². The monoisotopic (exact) mass is 565 g/mol. The summed E-state index contributed by atoms with van der Waals surface area (Å²) < 4.78 is 22.9. The van der Waals surface area contributed by atoms with Crippen LogP contribution >= 0.6 is 11.3 Å². The molecule has 9 heteroatoms. The number of methoxy groups -OCH3 is 1. The Morgan fingerprint density at radius 2 is 2.02 bits per heavy atom. The zero-order chi connectivity index (χ0) is 28.1. The molecule has 206 valence electrons. The Labute approximate surface area is 240 Å². The fourth-order valence-electron chi connectivity index (χ4n) is 5.79. The lowest BCUT2D eigenvalue weighted by molar-refractivity contribution is -0.131. The van der Waals surface area contributed by atoms with Gasteiger partial charge in [-0.15, -0.1) is 11.3 Å². The summed E-state index contributed by atoms with van der Waals surface area (Å²) in [6, 6.07) is 13.4. The van der Waals surface area contributed by atoms with Crippen molar-refractivity contribution in [2.45, 2.75) is 19.0 Å². The molecule has 0 atom stereocenters. The van der Waals surface area contributed by atoms with E-state index in [1.807, 2.05) is 17.1 Å². The minimum Gasteiger partial charge on any atom is -0.496 e. The summed E-state index contributed by atoms with van der Waals surface area (Å²) >= 11 is 1.63. The van der Waals surface area contributed by atoms with Crippen LogP contribution in [0.15, 0.2) is 72.9 Å². The summed E-state index contributed by atoms with van der Waals surface area (Å²) in [6.07, 6.45) is 6.13. The van der Waals surface area contributed by atoms with E-state index >= 15 is 0 Å². The maximum absolute atomic E-state index is 14.3. The van der Waals surface area contributed by atoms with Crippen molar-refractivity contribution in [3.8, 4) is 39.4 Å². The van der Waals surface area contributed by atoms with E-state index < -0.39 is 0 Å². The van der Waals surface area contributed by atoms with Gasteiger partial charge in [-0.3, -0.25) is 9.48 Å². The fraction of sp³-hybridized carbons (Fsp3) is 0.219. The average molecular weight is 566 g/mol. The number of likely N-dealkylation sites (tertiary alicyclic amines) is 1. The zero-order valence-corrected chi connectivity index (χ0v) is 23.4. The van der Waals surface area contributed by atoms with Crippen molar-refractivity contribution in [2.24, 2.45) is 0 Å². The van der Waals surface area contributed by atoms with E-state index in [1.165, 1.54) is 29.3 Å². The lowest BCUT2D eigenvalue weighted by atomic mass is 9.93. The van der Waals surface area contributed by atoms with Gasteiger partial charge in [0, 0.05) is 64.2 Å². The molecule has 3 aromatic heterocycles. The van der Waals surface area contributed by atoms with Crippen LogP contribution in [-0.4, -0.2) is 52.3 Å². The first-order chi connectivity index (χ1) is 20.0. The van der Waals surface area contributed by atoms with Crippen molar-refractivity contribution >= 4 is 27.3 Å². The molecule has 2 aliphatic rings. The molecule has 5 heterocycles. The molecule has 0 saturated carbocycles. The standard InChI is InChI=1S/C32H28FN5O2S/c1-3-28(39)37-17-24(18-37)38-16-22(15-35-38)31-29(25-7-6-23(33)13-27(25)40-2)32-26(9-11-41-32)30(36-31)20-4-5-21-14-34-10-8-19(21)12-20/h3-7,9,11-13,15-16,24,34H,1,8,10,14,17-18H2,2H3. The summed E-state index contributed by atoms with van der Waals surface area (Å²) in [4.78, 5) is 19.0. The third kappa shape index (κ3) is 4.42. The molecule has 0 radical (unpaired) electrons. The first-order valence-electron chi connectivity index (χ1n) is 13.6. The van der Waals surface area contributed by atoms with E-state index in [0.29, 0.717) is 18.8 Å². The van der Waals surface area contributed by atoms with Gasteiger partial charge in [0.05, 0.1) is 30.7 Å². The second-order valence-electron chi connectivity index (χ2n) is 10.4. The van der Waals surface area contributed by atoms with E-state index in [4.69, 9.17) is 9.72 Å². The summed E-state index contributed by atoms with van der Waals surface area (Å²) in [6.45, 7) is 6.58. The van der Waals surface area contributed by atoms with Crippen LogP contribution in [0.4, 0.5) is 4.39 Å². The average Bonchev–Trinajstić information content (AvgIpc) is 3.66. The highest BCUT2D eigenvalue weighted by Gasteiger charge is 2.32. The number of amides is 1. The third-order valence-electron chi connectivity index (χ3n) is 8.00. The Kier molecular flexibility index (Phi) is 6.40. The number of fused-ring (bicyclic) bond motifs is 2. The molecule has 0 aliphatic carbocycles. The van der Waals surface area contributed by atoms with Crippen LogP contribution in [-0.2, 0) is 17.8 Å². The van der Waals surface area contributed by atoms with Gasteiger partial charge in [0.25, 0.3) is 0 Å². The SMILES string of the molecule is C=CC(=O)N1CC(n2cc(-c3nc(-c4ccc5c(c4)CCNC5)c4ccsc4c3-c3ccc(F)cc3OC)cn2)C1. The van der Waals surface area contributed by atoms with Crippen LogP contribution in [0.1, 0.15) is 17.2 Å². The van der Waals surface area contributed by atoms with Crippen molar-refractivity contribution < 1.29 is 13.9 Å². The molecular weight excluding hydrogens is 537 g/mol. The number of ether oxygens (including phenoxy) is 1. The lowest BCUT2D eigenvalue weighted by Crippen LogP contribution is -2.50. The van der Waals surface area contributed by atoms with Crippen LogP contribution in [0.3, 0.4) is 0 Å².